The van der Waals surface area contributed by atoms with Crippen molar-refractivity contribution in [1.29, 1.82) is 5.41 Å². The van der Waals surface area contributed by atoms with E-state index >= 15 is 0 Å². The summed E-state index contributed by atoms with van der Waals surface area (Å²) in [5.41, 5.74) is 0.436. The molecule has 1 aliphatic rings. The molecule has 0 aromatic heterocycles. The zero-order valence-electron chi connectivity index (χ0n) is 10.1. The molecule has 2 heteroatoms. The van der Waals surface area contributed by atoms with Gasteiger partial charge in [-0.25, -0.2) is 0 Å². The van der Waals surface area contributed by atoms with Crippen molar-refractivity contribution >= 4 is 5.84 Å². The first-order chi connectivity index (χ1) is 6.41. The fourth-order valence-corrected chi connectivity index (χ4v) is 2.30. The minimum absolute atomic E-state index is 0.436. The normalized spacial score (nSPS) is 24.6. The number of nitrogens with one attached hydrogen (secondary N) is 1. The standard InChI is InChI=1S/C12H24N2/c1-10(13)14-8-5-6-11(7-9-14)12(2,3)4/h11,13H,5-9H2,1-4H3. The second-order valence-corrected chi connectivity index (χ2v) is 5.57. The summed E-state index contributed by atoms with van der Waals surface area (Å²) in [5.74, 6) is 1.56. The predicted octanol–water partition coefficient (Wildman–Crippen LogP) is 3.13. The van der Waals surface area contributed by atoms with Gasteiger partial charge in [0.15, 0.2) is 0 Å². The van der Waals surface area contributed by atoms with E-state index in [1.807, 2.05) is 6.92 Å². The molecule has 1 saturated heterocycles. The van der Waals surface area contributed by atoms with Crippen molar-refractivity contribution in [1.82, 2.24) is 4.90 Å². The molecule has 1 N–H and O–H groups in total. The van der Waals surface area contributed by atoms with Gasteiger partial charge in [0.05, 0.1) is 5.84 Å². The summed E-state index contributed by atoms with van der Waals surface area (Å²) in [7, 11) is 0. The molecule has 1 unspecified atom stereocenters. The maximum atomic E-state index is 7.63. The summed E-state index contributed by atoms with van der Waals surface area (Å²) in [6.45, 7) is 11.1. The summed E-state index contributed by atoms with van der Waals surface area (Å²) in [5, 5.41) is 7.63. The molecule has 1 heterocycles. The third-order valence-corrected chi connectivity index (χ3v) is 3.43. The highest BCUT2D eigenvalue weighted by atomic mass is 15.2. The van der Waals surface area contributed by atoms with E-state index in [0.29, 0.717) is 5.41 Å². The van der Waals surface area contributed by atoms with Crippen LogP contribution >= 0.6 is 0 Å². The van der Waals surface area contributed by atoms with Gasteiger partial charge in [-0.2, -0.15) is 0 Å². The van der Waals surface area contributed by atoms with Crippen LogP contribution in [0.2, 0.25) is 0 Å². The minimum Gasteiger partial charge on any atom is -0.361 e. The average Bonchev–Trinajstić information content (AvgIpc) is 2.26. The van der Waals surface area contributed by atoms with Crippen molar-refractivity contribution in [2.75, 3.05) is 13.1 Å². The second kappa shape index (κ2) is 4.33. The lowest BCUT2D eigenvalue weighted by molar-refractivity contribution is 0.216. The Morgan fingerprint density at radius 2 is 1.86 bits per heavy atom. The molecule has 0 saturated carbocycles. The van der Waals surface area contributed by atoms with Crippen molar-refractivity contribution in [3.63, 3.8) is 0 Å². The predicted molar refractivity (Wildman–Crippen MR) is 61.8 cm³/mol. The van der Waals surface area contributed by atoms with E-state index in [9.17, 15) is 0 Å². The lowest BCUT2D eigenvalue weighted by atomic mass is 9.77. The van der Waals surface area contributed by atoms with E-state index in [4.69, 9.17) is 5.41 Å². The third-order valence-electron chi connectivity index (χ3n) is 3.43. The SMILES string of the molecule is CC(=N)N1CCCC(C(C)(C)C)CC1. The zero-order chi connectivity index (χ0) is 10.8. The number of hydrogen-bond donors (Lipinski definition) is 1. The van der Waals surface area contributed by atoms with Crippen LogP contribution in [0.5, 0.6) is 0 Å². The molecule has 2 nitrogen and oxygen atoms in total. The monoisotopic (exact) mass is 196 g/mol. The molecule has 82 valence electrons. The van der Waals surface area contributed by atoms with Gasteiger partial charge in [-0.15, -0.1) is 0 Å². The molecule has 0 aliphatic carbocycles. The molecule has 0 radical (unpaired) electrons. The highest BCUT2D eigenvalue weighted by Gasteiger charge is 2.26. The molecular weight excluding hydrogens is 172 g/mol. The van der Waals surface area contributed by atoms with Gasteiger partial charge in [-0.05, 0) is 37.5 Å². The highest BCUT2D eigenvalue weighted by Crippen LogP contribution is 2.34. The van der Waals surface area contributed by atoms with Gasteiger partial charge in [0.2, 0.25) is 0 Å². The molecule has 1 rings (SSSR count). The summed E-state index contributed by atoms with van der Waals surface area (Å²) in [4.78, 5) is 2.21. The molecular formula is C12H24N2. The number of rotatable bonds is 0. The van der Waals surface area contributed by atoms with Gasteiger partial charge >= 0.3 is 0 Å². The Balaban J connectivity index is 2.53. The van der Waals surface area contributed by atoms with Crippen LogP contribution in [0.4, 0.5) is 0 Å². The summed E-state index contributed by atoms with van der Waals surface area (Å²) in [6.07, 6.45) is 3.82. The lowest BCUT2D eigenvalue weighted by Gasteiger charge is -2.29. The summed E-state index contributed by atoms with van der Waals surface area (Å²) >= 11 is 0. The van der Waals surface area contributed by atoms with E-state index < -0.39 is 0 Å². The molecule has 0 amide bonds. The van der Waals surface area contributed by atoms with Gasteiger partial charge < -0.3 is 4.90 Å². The van der Waals surface area contributed by atoms with Crippen LogP contribution in [0.1, 0.15) is 47.0 Å². The Morgan fingerprint density at radius 1 is 1.21 bits per heavy atom. The van der Waals surface area contributed by atoms with Crippen LogP contribution in [0.3, 0.4) is 0 Å². The van der Waals surface area contributed by atoms with Crippen LogP contribution < -0.4 is 0 Å². The molecule has 1 fully saturated rings. The zero-order valence-corrected chi connectivity index (χ0v) is 10.1. The maximum Gasteiger partial charge on any atom is 0.0925 e. The topological polar surface area (TPSA) is 27.1 Å². The average molecular weight is 196 g/mol. The first kappa shape index (κ1) is 11.5. The number of nitrogens with zero attached hydrogens (tertiary/aromatic N) is 1. The molecule has 0 aromatic rings. The van der Waals surface area contributed by atoms with E-state index in [-0.39, 0.29) is 0 Å². The van der Waals surface area contributed by atoms with Crippen molar-refractivity contribution in [3.05, 3.63) is 0 Å². The highest BCUT2D eigenvalue weighted by molar-refractivity contribution is 5.76. The van der Waals surface area contributed by atoms with E-state index in [2.05, 4.69) is 25.7 Å². The van der Waals surface area contributed by atoms with Crippen molar-refractivity contribution in [2.45, 2.75) is 47.0 Å². The largest absolute Gasteiger partial charge is 0.361 e. The molecule has 1 aliphatic heterocycles. The number of amidine groups is 1. The molecule has 1 atom stereocenters. The van der Waals surface area contributed by atoms with Gasteiger partial charge in [0.1, 0.15) is 0 Å². The van der Waals surface area contributed by atoms with Crippen LogP contribution in [-0.4, -0.2) is 23.8 Å². The Kier molecular flexibility index (Phi) is 3.57. The molecule has 0 bridgehead atoms. The van der Waals surface area contributed by atoms with Crippen molar-refractivity contribution in [3.8, 4) is 0 Å². The Bertz CT molecular complexity index is 203. The summed E-state index contributed by atoms with van der Waals surface area (Å²) < 4.78 is 0. The van der Waals surface area contributed by atoms with E-state index in [1.54, 1.807) is 0 Å². The van der Waals surface area contributed by atoms with Crippen LogP contribution in [0, 0.1) is 16.7 Å². The molecule has 0 spiro atoms. The van der Waals surface area contributed by atoms with Crippen LogP contribution in [0.25, 0.3) is 0 Å². The third kappa shape index (κ3) is 3.00. The van der Waals surface area contributed by atoms with E-state index in [0.717, 1.165) is 24.8 Å². The Morgan fingerprint density at radius 3 is 2.36 bits per heavy atom. The quantitative estimate of drug-likeness (QED) is 0.468. The first-order valence-electron chi connectivity index (χ1n) is 5.71. The summed E-state index contributed by atoms with van der Waals surface area (Å²) in [6, 6.07) is 0. The fourth-order valence-electron chi connectivity index (χ4n) is 2.30. The Hall–Kier alpha value is -0.530. The number of hydrogen-bond acceptors (Lipinski definition) is 1. The second-order valence-electron chi connectivity index (χ2n) is 5.57. The van der Waals surface area contributed by atoms with Crippen molar-refractivity contribution < 1.29 is 0 Å². The van der Waals surface area contributed by atoms with Crippen LogP contribution in [-0.2, 0) is 0 Å². The van der Waals surface area contributed by atoms with E-state index in [1.165, 1.54) is 19.3 Å². The first-order valence-corrected chi connectivity index (χ1v) is 5.71. The van der Waals surface area contributed by atoms with Gasteiger partial charge in [-0.3, -0.25) is 5.41 Å². The van der Waals surface area contributed by atoms with Crippen molar-refractivity contribution in [2.24, 2.45) is 11.3 Å². The molecule has 14 heavy (non-hydrogen) atoms. The van der Waals surface area contributed by atoms with Gasteiger partial charge in [-0.1, -0.05) is 20.8 Å². The lowest BCUT2D eigenvalue weighted by Crippen LogP contribution is -2.29. The minimum atomic E-state index is 0.436. The fraction of sp³-hybridized carbons (Fsp3) is 0.917. The van der Waals surface area contributed by atoms with Gasteiger partial charge in [0.25, 0.3) is 0 Å². The smallest absolute Gasteiger partial charge is 0.0925 e. The van der Waals surface area contributed by atoms with Crippen LogP contribution in [0.15, 0.2) is 0 Å². The maximum absolute atomic E-state index is 7.63. The molecule has 0 aromatic carbocycles. The number of likely N-dealkylation sites (tertiary alicyclic amines) is 1. The Labute approximate surface area is 88.2 Å². The van der Waals surface area contributed by atoms with Gasteiger partial charge in [0, 0.05) is 13.1 Å².